The van der Waals surface area contributed by atoms with Crippen LogP contribution in [0.15, 0.2) is 0 Å². The number of rotatable bonds is 10. The van der Waals surface area contributed by atoms with Gasteiger partial charge < -0.3 is 10.2 Å². The highest BCUT2D eigenvalue weighted by atomic mass is 16.1. The van der Waals surface area contributed by atoms with E-state index in [0.29, 0.717) is 0 Å². The summed E-state index contributed by atoms with van der Waals surface area (Å²) < 4.78 is 0. The van der Waals surface area contributed by atoms with E-state index in [0.717, 1.165) is 19.5 Å². The van der Waals surface area contributed by atoms with Gasteiger partial charge in [0.25, 0.3) is 0 Å². The molecular weight excluding hydrogens is 200 g/mol. The smallest absolute Gasteiger partial charge is 0.216 e. The zero-order chi connectivity index (χ0) is 12.2. The van der Waals surface area contributed by atoms with Crippen molar-refractivity contribution in [2.24, 2.45) is 0 Å². The first-order valence-electron chi connectivity index (χ1n) is 6.67. The van der Waals surface area contributed by atoms with E-state index in [1.807, 2.05) is 0 Å². The van der Waals surface area contributed by atoms with Gasteiger partial charge in [0, 0.05) is 13.5 Å². The van der Waals surface area contributed by atoms with Crippen LogP contribution in [0.2, 0.25) is 0 Å². The second kappa shape index (κ2) is 10.9. The first-order valence-corrected chi connectivity index (χ1v) is 6.67. The Bertz CT molecular complexity index is 163. The number of hydrogen-bond acceptors (Lipinski definition) is 2. The van der Waals surface area contributed by atoms with Crippen LogP contribution in [0, 0.1) is 0 Å². The van der Waals surface area contributed by atoms with E-state index < -0.39 is 0 Å². The Labute approximate surface area is 101 Å². The lowest BCUT2D eigenvalue weighted by Gasteiger charge is -2.21. The molecule has 3 nitrogen and oxygen atoms in total. The molecule has 0 bridgehead atoms. The normalized spacial score (nSPS) is 10.8. The van der Waals surface area contributed by atoms with E-state index in [9.17, 15) is 4.79 Å². The summed E-state index contributed by atoms with van der Waals surface area (Å²) in [5, 5.41) is 2.85. The molecule has 0 saturated heterocycles. The van der Waals surface area contributed by atoms with E-state index >= 15 is 0 Å². The molecule has 0 aromatic heterocycles. The summed E-state index contributed by atoms with van der Waals surface area (Å²) in [5.41, 5.74) is 0. The Kier molecular flexibility index (Phi) is 10.5. The molecule has 0 radical (unpaired) electrons. The molecule has 0 saturated carbocycles. The second-order valence-corrected chi connectivity index (χ2v) is 4.39. The lowest BCUT2D eigenvalue weighted by molar-refractivity contribution is -0.118. The predicted octanol–water partition coefficient (Wildman–Crippen LogP) is 2.41. The number of nitrogens with zero attached hydrogens (tertiary/aromatic N) is 1. The topological polar surface area (TPSA) is 32.3 Å². The predicted molar refractivity (Wildman–Crippen MR) is 69.6 cm³/mol. The summed E-state index contributed by atoms with van der Waals surface area (Å²) >= 11 is 0. The zero-order valence-electron chi connectivity index (χ0n) is 11.2. The minimum absolute atomic E-state index is 0.0775. The number of nitrogens with one attached hydrogen (secondary N) is 1. The van der Waals surface area contributed by atoms with Crippen molar-refractivity contribution in [1.82, 2.24) is 10.2 Å². The van der Waals surface area contributed by atoms with Crippen molar-refractivity contribution >= 4 is 5.91 Å². The summed E-state index contributed by atoms with van der Waals surface area (Å²) in [6.45, 7) is 10.4. The molecule has 1 amide bonds. The van der Waals surface area contributed by atoms with Gasteiger partial charge in [0.15, 0.2) is 0 Å². The molecule has 3 heteroatoms. The molecular formula is C13H28N2O. The molecule has 0 heterocycles. The molecule has 0 aromatic rings. The Morgan fingerprint density at radius 1 is 1.00 bits per heavy atom. The highest BCUT2D eigenvalue weighted by molar-refractivity contribution is 5.72. The Morgan fingerprint density at radius 3 is 1.94 bits per heavy atom. The number of amides is 1. The number of carbonyl (C=O) groups is 1. The maximum Gasteiger partial charge on any atom is 0.216 e. The monoisotopic (exact) mass is 228 g/mol. The molecule has 0 atom stereocenters. The summed E-state index contributed by atoms with van der Waals surface area (Å²) in [6.07, 6.45) is 6.14. The molecule has 16 heavy (non-hydrogen) atoms. The van der Waals surface area contributed by atoms with Gasteiger partial charge in [-0.3, -0.25) is 4.79 Å². The van der Waals surface area contributed by atoms with Crippen LogP contribution in [0.3, 0.4) is 0 Å². The van der Waals surface area contributed by atoms with Gasteiger partial charge in [-0.1, -0.05) is 26.7 Å². The fraction of sp³-hybridized carbons (Fsp3) is 0.923. The van der Waals surface area contributed by atoms with Crippen LogP contribution in [-0.4, -0.2) is 37.0 Å². The van der Waals surface area contributed by atoms with Gasteiger partial charge in [-0.05, 0) is 38.9 Å². The van der Waals surface area contributed by atoms with Gasteiger partial charge in [-0.25, -0.2) is 0 Å². The van der Waals surface area contributed by atoms with Crippen molar-refractivity contribution in [3.05, 3.63) is 0 Å². The fourth-order valence-electron chi connectivity index (χ4n) is 1.67. The highest BCUT2D eigenvalue weighted by Gasteiger charge is 2.03. The fourth-order valence-corrected chi connectivity index (χ4v) is 1.67. The standard InChI is InChI=1S/C13H28N2O/c1-4-6-10-15(11-7-5-2)12-8-9-14-13(3)16/h4-12H2,1-3H3,(H,14,16). The third kappa shape index (κ3) is 9.97. The Balaban J connectivity index is 3.59. The van der Waals surface area contributed by atoms with E-state index in [1.54, 1.807) is 6.92 Å². The van der Waals surface area contributed by atoms with Gasteiger partial charge in [0.2, 0.25) is 5.91 Å². The third-order valence-corrected chi connectivity index (χ3v) is 2.68. The van der Waals surface area contributed by atoms with Crippen molar-refractivity contribution in [2.45, 2.75) is 52.9 Å². The maximum absolute atomic E-state index is 10.7. The molecule has 96 valence electrons. The van der Waals surface area contributed by atoms with Gasteiger partial charge in [0.1, 0.15) is 0 Å². The first kappa shape index (κ1) is 15.4. The van der Waals surface area contributed by atoms with E-state index in [1.165, 1.54) is 38.8 Å². The molecule has 0 rings (SSSR count). The Hall–Kier alpha value is -0.570. The quantitative estimate of drug-likeness (QED) is 0.582. The number of unbranched alkanes of at least 4 members (excludes halogenated alkanes) is 2. The van der Waals surface area contributed by atoms with Crippen LogP contribution < -0.4 is 5.32 Å². The van der Waals surface area contributed by atoms with Crippen LogP contribution >= 0.6 is 0 Å². The van der Waals surface area contributed by atoms with Crippen LogP contribution in [0.1, 0.15) is 52.9 Å². The summed E-state index contributed by atoms with van der Waals surface area (Å²) in [5.74, 6) is 0.0775. The van der Waals surface area contributed by atoms with Crippen LogP contribution in [0.4, 0.5) is 0 Å². The van der Waals surface area contributed by atoms with E-state index in [-0.39, 0.29) is 5.91 Å². The first-order chi connectivity index (χ1) is 7.70. The molecule has 0 aliphatic carbocycles. The minimum Gasteiger partial charge on any atom is -0.356 e. The van der Waals surface area contributed by atoms with Crippen molar-refractivity contribution in [1.29, 1.82) is 0 Å². The molecule has 0 aromatic carbocycles. The van der Waals surface area contributed by atoms with Crippen molar-refractivity contribution in [3.63, 3.8) is 0 Å². The van der Waals surface area contributed by atoms with Crippen LogP contribution in [0.5, 0.6) is 0 Å². The van der Waals surface area contributed by atoms with Crippen LogP contribution in [-0.2, 0) is 4.79 Å². The molecule has 0 aliphatic heterocycles. The maximum atomic E-state index is 10.7. The number of hydrogen-bond donors (Lipinski definition) is 1. The van der Waals surface area contributed by atoms with Gasteiger partial charge >= 0.3 is 0 Å². The Morgan fingerprint density at radius 2 is 1.50 bits per heavy atom. The molecule has 0 unspecified atom stereocenters. The summed E-state index contributed by atoms with van der Waals surface area (Å²) in [6, 6.07) is 0. The zero-order valence-corrected chi connectivity index (χ0v) is 11.2. The number of carbonyl (C=O) groups excluding carboxylic acids is 1. The van der Waals surface area contributed by atoms with Crippen LogP contribution in [0.25, 0.3) is 0 Å². The van der Waals surface area contributed by atoms with Gasteiger partial charge in [0.05, 0.1) is 0 Å². The van der Waals surface area contributed by atoms with Gasteiger partial charge in [-0.15, -0.1) is 0 Å². The SMILES string of the molecule is CCCCN(CCCC)CCCNC(C)=O. The highest BCUT2D eigenvalue weighted by Crippen LogP contribution is 2.00. The van der Waals surface area contributed by atoms with Gasteiger partial charge in [-0.2, -0.15) is 0 Å². The lowest BCUT2D eigenvalue weighted by atomic mass is 10.2. The van der Waals surface area contributed by atoms with E-state index in [2.05, 4.69) is 24.1 Å². The summed E-state index contributed by atoms with van der Waals surface area (Å²) in [7, 11) is 0. The van der Waals surface area contributed by atoms with E-state index in [4.69, 9.17) is 0 Å². The lowest BCUT2D eigenvalue weighted by Crippen LogP contribution is -2.30. The molecule has 0 fully saturated rings. The molecule has 1 N–H and O–H groups in total. The largest absolute Gasteiger partial charge is 0.356 e. The van der Waals surface area contributed by atoms with Crippen molar-refractivity contribution in [3.8, 4) is 0 Å². The third-order valence-electron chi connectivity index (χ3n) is 2.68. The average molecular weight is 228 g/mol. The molecule has 0 spiro atoms. The average Bonchev–Trinajstić information content (AvgIpc) is 2.26. The van der Waals surface area contributed by atoms with Crippen molar-refractivity contribution in [2.75, 3.05) is 26.2 Å². The van der Waals surface area contributed by atoms with Crippen molar-refractivity contribution < 1.29 is 4.79 Å². The molecule has 0 aliphatic rings. The summed E-state index contributed by atoms with van der Waals surface area (Å²) in [4.78, 5) is 13.2. The second-order valence-electron chi connectivity index (χ2n) is 4.39. The minimum atomic E-state index is 0.0775.